The number of amides is 1. The molecule has 0 spiro atoms. The van der Waals surface area contributed by atoms with Gasteiger partial charge in [-0.1, -0.05) is 19.1 Å². The lowest BCUT2D eigenvalue weighted by molar-refractivity contribution is -0.138. The monoisotopic (exact) mass is 288 g/mol. The Kier molecular flexibility index (Phi) is 5.16. The van der Waals surface area contributed by atoms with Crippen molar-refractivity contribution in [2.45, 2.75) is 32.6 Å². The van der Waals surface area contributed by atoms with E-state index in [2.05, 4.69) is 0 Å². The molecule has 20 heavy (non-hydrogen) atoms. The molecule has 2 unspecified atom stereocenters. The number of benzene rings is 1. The molecule has 0 aliphatic carbocycles. The molecular formula is C14H19F3N2O. The zero-order valence-electron chi connectivity index (χ0n) is 11.7. The van der Waals surface area contributed by atoms with Crippen molar-refractivity contribution >= 4 is 5.91 Å². The molecular weight excluding hydrogens is 269 g/mol. The van der Waals surface area contributed by atoms with Crippen molar-refractivity contribution in [1.29, 1.82) is 0 Å². The zero-order chi connectivity index (χ0) is 15.5. The normalized spacial score (nSPS) is 14.8. The molecule has 1 amide bonds. The van der Waals surface area contributed by atoms with Gasteiger partial charge in [-0.3, -0.25) is 4.79 Å². The minimum Gasteiger partial charge on any atom is -0.341 e. The van der Waals surface area contributed by atoms with Gasteiger partial charge in [0.2, 0.25) is 5.91 Å². The van der Waals surface area contributed by atoms with E-state index in [1.807, 2.05) is 0 Å². The number of rotatable bonds is 4. The smallest absolute Gasteiger partial charge is 0.341 e. The Balaban J connectivity index is 2.72. The van der Waals surface area contributed by atoms with E-state index < -0.39 is 11.7 Å². The van der Waals surface area contributed by atoms with Crippen LogP contribution >= 0.6 is 0 Å². The first kappa shape index (κ1) is 16.5. The summed E-state index contributed by atoms with van der Waals surface area (Å²) in [6.07, 6.45) is -4.34. The lowest BCUT2D eigenvalue weighted by Crippen LogP contribution is -2.39. The van der Waals surface area contributed by atoms with Crippen molar-refractivity contribution in [3.8, 4) is 0 Å². The van der Waals surface area contributed by atoms with E-state index in [4.69, 9.17) is 5.73 Å². The van der Waals surface area contributed by atoms with Gasteiger partial charge in [0.15, 0.2) is 0 Å². The zero-order valence-corrected chi connectivity index (χ0v) is 11.7. The van der Waals surface area contributed by atoms with Crippen LogP contribution < -0.4 is 5.73 Å². The topological polar surface area (TPSA) is 46.3 Å². The van der Waals surface area contributed by atoms with Gasteiger partial charge in [-0.25, -0.2) is 0 Å². The lowest BCUT2D eigenvalue weighted by atomic mass is 10.0. The van der Waals surface area contributed by atoms with Crippen LogP contribution in [0.3, 0.4) is 0 Å². The minimum atomic E-state index is -4.34. The number of halogens is 3. The molecule has 0 aliphatic heterocycles. The second kappa shape index (κ2) is 6.26. The molecule has 2 atom stereocenters. The van der Waals surface area contributed by atoms with Crippen molar-refractivity contribution in [2.24, 2.45) is 11.7 Å². The van der Waals surface area contributed by atoms with Crippen LogP contribution in [0.25, 0.3) is 0 Å². The first-order chi connectivity index (χ1) is 9.12. The molecule has 1 aromatic carbocycles. The second-order valence-corrected chi connectivity index (χ2v) is 5.04. The second-order valence-electron chi connectivity index (χ2n) is 5.04. The molecule has 2 N–H and O–H groups in total. The Morgan fingerprint density at radius 2 is 1.75 bits per heavy atom. The summed E-state index contributed by atoms with van der Waals surface area (Å²) in [7, 11) is 1.61. The van der Waals surface area contributed by atoms with E-state index in [0.29, 0.717) is 5.56 Å². The highest BCUT2D eigenvalue weighted by molar-refractivity contribution is 5.78. The SMILES string of the molecule is CC(N)C(C)C(=O)N(C)Cc1ccc(C(F)(F)F)cc1. The highest BCUT2D eigenvalue weighted by atomic mass is 19.4. The summed E-state index contributed by atoms with van der Waals surface area (Å²) in [5, 5.41) is 0. The molecule has 0 fully saturated rings. The highest BCUT2D eigenvalue weighted by Gasteiger charge is 2.30. The average molecular weight is 288 g/mol. The van der Waals surface area contributed by atoms with Gasteiger partial charge in [0.05, 0.1) is 11.5 Å². The van der Waals surface area contributed by atoms with E-state index in [9.17, 15) is 18.0 Å². The molecule has 0 radical (unpaired) electrons. The molecule has 1 rings (SSSR count). The lowest BCUT2D eigenvalue weighted by Gasteiger charge is -2.23. The van der Waals surface area contributed by atoms with Crippen LogP contribution in [0.5, 0.6) is 0 Å². The van der Waals surface area contributed by atoms with Crippen LogP contribution in [-0.2, 0) is 17.5 Å². The number of nitrogens with zero attached hydrogens (tertiary/aromatic N) is 1. The molecule has 0 heterocycles. The fourth-order valence-electron chi connectivity index (χ4n) is 1.72. The summed E-state index contributed by atoms with van der Waals surface area (Å²) >= 11 is 0. The van der Waals surface area contributed by atoms with Crippen molar-refractivity contribution in [3.63, 3.8) is 0 Å². The largest absolute Gasteiger partial charge is 0.416 e. The van der Waals surface area contributed by atoms with Gasteiger partial charge in [-0.2, -0.15) is 13.2 Å². The van der Waals surface area contributed by atoms with Crippen molar-refractivity contribution in [3.05, 3.63) is 35.4 Å². The molecule has 112 valence electrons. The van der Waals surface area contributed by atoms with Crippen LogP contribution in [0.2, 0.25) is 0 Å². The molecule has 0 aliphatic rings. The van der Waals surface area contributed by atoms with Crippen LogP contribution in [0, 0.1) is 5.92 Å². The maximum Gasteiger partial charge on any atom is 0.416 e. The van der Waals surface area contributed by atoms with E-state index >= 15 is 0 Å². The average Bonchev–Trinajstić information content (AvgIpc) is 2.36. The maximum atomic E-state index is 12.4. The number of hydrogen-bond donors (Lipinski definition) is 1. The predicted molar refractivity (Wildman–Crippen MR) is 70.7 cm³/mol. The first-order valence-electron chi connectivity index (χ1n) is 6.29. The van der Waals surface area contributed by atoms with Crippen LogP contribution in [0.15, 0.2) is 24.3 Å². The Labute approximate surface area is 116 Å². The molecule has 3 nitrogen and oxygen atoms in total. The third-order valence-corrected chi connectivity index (χ3v) is 3.26. The van der Waals surface area contributed by atoms with Gasteiger partial charge in [0.25, 0.3) is 0 Å². The summed E-state index contributed by atoms with van der Waals surface area (Å²) in [5.74, 6) is -0.450. The quantitative estimate of drug-likeness (QED) is 0.926. The third kappa shape index (κ3) is 4.23. The number of carbonyl (C=O) groups excluding carboxylic acids is 1. The summed E-state index contributed by atoms with van der Waals surface area (Å²) in [4.78, 5) is 13.4. The Morgan fingerprint density at radius 1 is 1.25 bits per heavy atom. The fraction of sp³-hybridized carbons (Fsp3) is 0.500. The number of carbonyl (C=O) groups is 1. The molecule has 0 saturated heterocycles. The van der Waals surface area contributed by atoms with Crippen molar-refractivity contribution in [1.82, 2.24) is 4.90 Å². The summed E-state index contributed by atoms with van der Waals surface area (Å²) < 4.78 is 37.3. The number of alkyl halides is 3. The number of hydrogen-bond acceptors (Lipinski definition) is 2. The van der Waals surface area contributed by atoms with Crippen LogP contribution in [0.1, 0.15) is 25.0 Å². The van der Waals surface area contributed by atoms with E-state index in [1.54, 1.807) is 20.9 Å². The maximum absolute atomic E-state index is 12.4. The van der Waals surface area contributed by atoms with Gasteiger partial charge < -0.3 is 10.6 Å². The van der Waals surface area contributed by atoms with Gasteiger partial charge in [0, 0.05) is 19.6 Å². The third-order valence-electron chi connectivity index (χ3n) is 3.26. The van der Waals surface area contributed by atoms with Crippen LogP contribution in [0.4, 0.5) is 13.2 Å². The highest BCUT2D eigenvalue weighted by Crippen LogP contribution is 2.29. The summed E-state index contributed by atoms with van der Waals surface area (Å²) in [6.45, 7) is 3.73. The standard InChI is InChI=1S/C14H19F3N2O/c1-9(10(2)18)13(20)19(3)8-11-4-6-12(7-5-11)14(15,16)17/h4-7,9-10H,8,18H2,1-3H3. The van der Waals surface area contributed by atoms with Crippen molar-refractivity contribution in [2.75, 3.05) is 7.05 Å². The van der Waals surface area contributed by atoms with Gasteiger partial charge in [0.1, 0.15) is 0 Å². The Bertz CT molecular complexity index is 454. The predicted octanol–water partition coefficient (Wildman–Crippen LogP) is 2.65. The van der Waals surface area contributed by atoms with E-state index in [0.717, 1.165) is 12.1 Å². The Hall–Kier alpha value is -1.56. The summed E-state index contributed by atoms with van der Waals surface area (Å²) in [5.41, 5.74) is 5.61. The van der Waals surface area contributed by atoms with Gasteiger partial charge >= 0.3 is 6.18 Å². The number of nitrogens with two attached hydrogens (primary N) is 1. The molecule has 0 bridgehead atoms. The van der Waals surface area contributed by atoms with E-state index in [-0.39, 0.29) is 24.4 Å². The van der Waals surface area contributed by atoms with Crippen molar-refractivity contribution < 1.29 is 18.0 Å². The summed E-state index contributed by atoms with van der Waals surface area (Å²) in [6, 6.07) is 4.52. The van der Waals surface area contributed by atoms with E-state index in [1.165, 1.54) is 17.0 Å². The van der Waals surface area contributed by atoms with Crippen LogP contribution in [-0.4, -0.2) is 23.9 Å². The van der Waals surface area contributed by atoms with Gasteiger partial charge in [-0.05, 0) is 24.6 Å². The van der Waals surface area contributed by atoms with Gasteiger partial charge in [-0.15, -0.1) is 0 Å². The molecule has 6 heteroatoms. The minimum absolute atomic E-state index is 0.125. The Morgan fingerprint density at radius 3 is 2.15 bits per heavy atom. The molecule has 0 aromatic heterocycles. The fourth-order valence-corrected chi connectivity index (χ4v) is 1.72. The first-order valence-corrected chi connectivity index (χ1v) is 6.29. The molecule has 0 saturated carbocycles. The molecule has 1 aromatic rings.